The first-order chi connectivity index (χ1) is 21.1. The highest BCUT2D eigenvalue weighted by molar-refractivity contribution is 7.81. The van der Waals surface area contributed by atoms with Gasteiger partial charge < -0.3 is 14.2 Å². The molecular weight excluding hydrogens is 619 g/mol. The lowest BCUT2D eigenvalue weighted by Crippen LogP contribution is -2.57. The summed E-state index contributed by atoms with van der Waals surface area (Å²) in [6.07, 6.45) is 1.53. The first-order valence-electron chi connectivity index (χ1n) is 13.5. The molecule has 1 heterocycles. The smallest absolute Gasteiger partial charge is 0.270 e. The van der Waals surface area contributed by atoms with Gasteiger partial charge in [-0.3, -0.25) is 19.4 Å². The number of aryl methyl sites for hydroxylation is 2. The summed E-state index contributed by atoms with van der Waals surface area (Å²) in [6, 6.07) is 22.9. The van der Waals surface area contributed by atoms with E-state index in [1.807, 2.05) is 32.0 Å². The monoisotopic (exact) mass is 646 g/mol. The zero-order valence-corrected chi connectivity index (χ0v) is 26.7. The van der Waals surface area contributed by atoms with Gasteiger partial charge in [0.1, 0.15) is 29.4 Å². The molecule has 7 nitrogen and oxygen atoms in total. The van der Waals surface area contributed by atoms with Gasteiger partial charge in [-0.2, -0.15) is 0 Å². The molecule has 0 bridgehead atoms. The van der Waals surface area contributed by atoms with Gasteiger partial charge >= 0.3 is 0 Å². The van der Waals surface area contributed by atoms with Crippen molar-refractivity contribution in [3.63, 3.8) is 0 Å². The number of thiocarbonyl (C=S) groups is 1. The van der Waals surface area contributed by atoms with Crippen LogP contribution in [0.25, 0.3) is 6.08 Å². The van der Waals surface area contributed by atoms with Crippen molar-refractivity contribution in [3.05, 3.63) is 117 Å². The van der Waals surface area contributed by atoms with Gasteiger partial charge in [0.25, 0.3) is 11.8 Å². The molecule has 0 radical (unpaired) electrons. The zero-order chi connectivity index (χ0) is 31.5. The van der Waals surface area contributed by atoms with Gasteiger partial charge in [-0.1, -0.05) is 47.5 Å². The molecule has 0 unspecified atom stereocenters. The first kappa shape index (κ1) is 31.1. The Bertz CT molecular complexity index is 1730. The predicted molar refractivity (Wildman–Crippen MR) is 178 cm³/mol. The summed E-state index contributed by atoms with van der Waals surface area (Å²) < 4.78 is 16.7. The Kier molecular flexibility index (Phi) is 9.25. The number of rotatable bonds is 8. The Hall–Kier alpha value is -4.37. The maximum Gasteiger partial charge on any atom is 0.270 e. The highest BCUT2D eigenvalue weighted by Gasteiger charge is 2.41. The number of halogens is 2. The number of carbonyl (C=O) groups excluding carboxylic acids is 2. The Morgan fingerprint density at radius 2 is 1.27 bits per heavy atom. The van der Waals surface area contributed by atoms with Crippen LogP contribution in [0.2, 0.25) is 10.0 Å². The molecule has 224 valence electrons. The minimum Gasteiger partial charge on any atom is -0.497 e. The lowest BCUT2D eigenvalue weighted by Gasteiger charge is -2.36. The van der Waals surface area contributed by atoms with Crippen LogP contribution in [0.15, 0.2) is 84.4 Å². The van der Waals surface area contributed by atoms with Crippen molar-refractivity contribution in [2.75, 3.05) is 24.0 Å². The number of anilines is 2. The van der Waals surface area contributed by atoms with Crippen LogP contribution in [0.4, 0.5) is 11.4 Å². The van der Waals surface area contributed by atoms with Crippen molar-refractivity contribution in [1.29, 1.82) is 0 Å². The second-order valence-corrected chi connectivity index (χ2v) is 11.2. The van der Waals surface area contributed by atoms with Crippen molar-refractivity contribution in [2.24, 2.45) is 0 Å². The quantitative estimate of drug-likeness (QED) is 0.110. The molecule has 1 aliphatic heterocycles. The highest BCUT2D eigenvalue weighted by atomic mass is 35.5. The highest BCUT2D eigenvalue weighted by Crippen LogP contribution is 2.34. The summed E-state index contributed by atoms with van der Waals surface area (Å²) in [7, 11) is 3.19. The summed E-state index contributed by atoms with van der Waals surface area (Å²) in [5.74, 6) is 0.820. The van der Waals surface area contributed by atoms with Gasteiger partial charge in [0.15, 0.2) is 5.11 Å². The van der Waals surface area contributed by atoms with Crippen LogP contribution in [0.5, 0.6) is 17.2 Å². The summed E-state index contributed by atoms with van der Waals surface area (Å²) in [5, 5.41) is 0.925. The average Bonchev–Trinajstić information content (AvgIpc) is 3.02. The SMILES string of the molecule is COc1ccc(OC)c(COc2ccc(C=C3C(=O)N(c4ccc(C)c(Cl)c4)C(=S)N(c4ccc(C)c(Cl)c4)C3=O)cc2)c1. The molecule has 44 heavy (non-hydrogen) atoms. The molecule has 2 amide bonds. The number of amides is 2. The van der Waals surface area contributed by atoms with E-state index >= 15 is 0 Å². The Morgan fingerprint density at radius 1 is 0.727 bits per heavy atom. The number of hydrogen-bond acceptors (Lipinski definition) is 6. The number of benzene rings is 4. The lowest BCUT2D eigenvalue weighted by atomic mass is 10.0. The normalized spacial score (nSPS) is 13.3. The van der Waals surface area contributed by atoms with Crippen LogP contribution in [-0.4, -0.2) is 31.1 Å². The molecule has 0 atom stereocenters. The summed E-state index contributed by atoms with van der Waals surface area (Å²) >= 11 is 18.5. The molecule has 10 heteroatoms. The van der Waals surface area contributed by atoms with E-state index in [1.54, 1.807) is 74.9 Å². The molecule has 1 saturated heterocycles. The molecular formula is C34H28Cl2N2O5S. The number of hydrogen-bond donors (Lipinski definition) is 0. The van der Waals surface area contributed by atoms with Gasteiger partial charge in [0.05, 0.1) is 25.6 Å². The third-order valence-electron chi connectivity index (χ3n) is 7.15. The van der Waals surface area contributed by atoms with Gasteiger partial charge in [0, 0.05) is 15.6 Å². The van der Waals surface area contributed by atoms with Crippen LogP contribution in [-0.2, 0) is 16.2 Å². The Labute approximate surface area is 271 Å². The van der Waals surface area contributed by atoms with Crippen LogP contribution in [0.1, 0.15) is 22.3 Å². The first-order valence-corrected chi connectivity index (χ1v) is 14.7. The number of ether oxygens (including phenoxy) is 3. The molecule has 0 spiro atoms. The molecule has 1 fully saturated rings. The van der Waals surface area contributed by atoms with Crippen LogP contribution in [0, 0.1) is 13.8 Å². The van der Waals surface area contributed by atoms with Crippen molar-refractivity contribution in [3.8, 4) is 17.2 Å². The Morgan fingerprint density at radius 3 is 1.77 bits per heavy atom. The van der Waals surface area contributed by atoms with Crippen molar-refractivity contribution < 1.29 is 23.8 Å². The van der Waals surface area contributed by atoms with E-state index in [2.05, 4.69) is 0 Å². The van der Waals surface area contributed by atoms with Gasteiger partial charge in [-0.25, -0.2) is 0 Å². The minimum atomic E-state index is -0.570. The standard InChI is InChI=1S/C34H28Cl2N2O5S/c1-20-5-9-24(17-29(20)35)37-32(39)28(33(40)38(34(37)44)25-10-6-21(2)30(36)18-25)15-22-7-11-26(12-8-22)43-19-23-16-27(41-3)13-14-31(23)42-4/h5-18H,19H2,1-4H3. The second-order valence-electron chi connectivity index (χ2n) is 10.0. The molecule has 0 saturated carbocycles. The maximum absolute atomic E-state index is 13.9. The summed E-state index contributed by atoms with van der Waals surface area (Å²) in [5.41, 5.74) is 3.91. The molecule has 4 aromatic rings. The third-order valence-corrected chi connectivity index (χ3v) is 8.33. The molecule has 1 aliphatic rings. The van der Waals surface area contributed by atoms with E-state index in [9.17, 15) is 9.59 Å². The summed E-state index contributed by atoms with van der Waals surface area (Å²) in [6.45, 7) is 3.97. The van der Waals surface area contributed by atoms with Crippen LogP contribution < -0.4 is 24.0 Å². The van der Waals surface area contributed by atoms with Crippen molar-refractivity contribution in [1.82, 2.24) is 0 Å². The molecule has 4 aromatic carbocycles. The number of methoxy groups -OCH3 is 2. The zero-order valence-electron chi connectivity index (χ0n) is 24.4. The van der Waals surface area contributed by atoms with E-state index in [4.69, 9.17) is 49.6 Å². The van der Waals surface area contributed by atoms with E-state index in [-0.39, 0.29) is 17.3 Å². The second kappa shape index (κ2) is 13.1. The average molecular weight is 648 g/mol. The van der Waals surface area contributed by atoms with E-state index < -0.39 is 11.8 Å². The van der Waals surface area contributed by atoms with E-state index in [1.165, 1.54) is 15.9 Å². The van der Waals surface area contributed by atoms with Gasteiger partial charge in [0.2, 0.25) is 0 Å². The predicted octanol–water partition coefficient (Wildman–Crippen LogP) is 7.95. The largest absolute Gasteiger partial charge is 0.497 e. The Balaban J connectivity index is 1.48. The van der Waals surface area contributed by atoms with Crippen LogP contribution in [0.3, 0.4) is 0 Å². The van der Waals surface area contributed by atoms with Gasteiger partial charge in [-0.05, 0) is 103 Å². The molecule has 0 aromatic heterocycles. The fourth-order valence-corrected chi connectivity index (χ4v) is 5.34. The topological polar surface area (TPSA) is 68.3 Å². The van der Waals surface area contributed by atoms with Gasteiger partial charge in [-0.15, -0.1) is 0 Å². The minimum absolute atomic E-state index is 0.00583. The van der Waals surface area contributed by atoms with Crippen molar-refractivity contribution >= 4 is 69.8 Å². The summed E-state index contributed by atoms with van der Waals surface area (Å²) in [4.78, 5) is 30.4. The molecule has 0 N–H and O–H groups in total. The van der Waals surface area contributed by atoms with Crippen LogP contribution >= 0.6 is 35.4 Å². The van der Waals surface area contributed by atoms with E-state index in [0.29, 0.717) is 44.2 Å². The lowest BCUT2D eigenvalue weighted by molar-refractivity contribution is -0.120. The van der Waals surface area contributed by atoms with Crippen molar-refractivity contribution in [2.45, 2.75) is 20.5 Å². The molecule has 0 aliphatic carbocycles. The molecule has 5 rings (SSSR count). The fourth-order valence-electron chi connectivity index (χ4n) is 4.61. The third kappa shape index (κ3) is 6.28. The maximum atomic E-state index is 13.9. The number of nitrogens with zero attached hydrogens (tertiary/aromatic N) is 2. The number of carbonyl (C=O) groups is 2. The fraction of sp³-hybridized carbons (Fsp3) is 0.147. The van der Waals surface area contributed by atoms with E-state index in [0.717, 1.165) is 16.7 Å².